The quantitative estimate of drug-likeness (QED) is 0.0181. The highest BCUT2D eigenvalue weighted by molar-refractivity contribution is 6.33. The van der Waals surface area contributed by atoms with Gasteiger partial charge in [-0.1, -0.05) is 23.7 Å². The number of amides is 9. The zero-order chi connectivity index (χ0) is 91.7. The molecule has 1 atom stereocenters. The Bertz CT molecular complexity index is 4770. The number of rotatable bonds is 57. The predicted octanol–water partition coefficient (Wildman–Crippen LogP) is 4.76. The second-order valence-corrected chi connectivity index (χ2v) is 31.7. The van der Waals surface area contributed by atoms with Gasteiger partial charge in [-0.25, -0.2) is 9.97 Å². The number of carbonyl (C=O) groups excluding carboxylic acids is 9. The first-order chi connectivity index (χ1) is 62.5. The number of fused-ring (bicyclic) bond motifs is 1. The fraction of sp³-hybridized carbons (Fsp3) is 0.539. The fourth-order valence-corrected chi connectivity index (χ4v) is 15.0. The number of piperidine rings is 1. The fourth-order valence-electron chi connectivity index (χ4n) is 14.8. The van der Waals surface area contributed by atoms with Crippen LogP contribution >= 0.6 is 11.6 Å². The lowest BCUT2D eigenvalue weighted by atomic mass is 9.89. The van der Waals surface area contributed by atoms with E-state index in [1.807, 2.05) is 29.2 Å². The number of nitrogen functional groups attached to an aromatic ring is 1. The molecule has 2 saturated heterocycles. The van der Waals surface area contributed by atoms with Crippen LogP contribution in [-0.2, 0) is 106 Å². The van der Waals surface area contributed by atoms with Gasteiger partial charge in [0.15, 0.2) is 11.6 Å². The van der Waals surface area contributed by atoms with Crippen LogP contribution in [0.5, 0.6) is 0 Å². The van der Waals surface area contributed by atoms with E-state index in [-0.39, 0.29) is 116 Å². The summed E-state index contributed by atoms with van der Waals surface area (Å²) >= 11 is 6.74. The van der Waals surface area contributed by atoms with Gasteiger partial charge in [0.1, 0.15) is 18.0 Å². The van der Waals surface area contributed by atoms with Gasteiger partial charge in [-0.15, -0.1) is 0 Å². The zero-order valence-corrected chi connectivity index (χ0v) is 75.5. The van der Waals surface area contributed by atoms with Crippen molar-refractivity contribution in [3.63, 3.8) is 0 Å². The van der Waals surface area contributed by atoms with Gasteiger partial charge >= 0.3 is 0 Å². The largest absolute Gasteiger partial charge is 0.399 e. The van der Waals surface area contributed by atoms with E-state index in [0.717, 1.165) is 92.5 Å². The summed E-state index contributed by atoms with van der Waals surface area (Å²) < 4.78 is 67.5. The number of aromatic nitrogens is 6. The molecule has 3 aliphatic heterocycles. The average molecular weight is 1820 g/mol. The zero-order valence-electron chi connectivity index (χ0n) is 74.7. The molecule has 39 nitrogen and oxygen atoms in total. The van der Waals surface area contributed by atoms with E-state index >= 15 is 0 Å². The summed E-state index contributed by atoms with van der Waals surface area (Å²) in [4.78, 5) is 132. The molecule has 0 aliphatic carbocycles. The van der Waals surface area contributed by atoms with Gasteiger partial charge < -0.3 is 134 Å². The Morgan fingerprint density at radius 2 is 0.915 bits per heavy atom. The van der Waals surface area contributed by atoms with Crippen molar-refractivity contribution in [2.24, 2.45) is 34.1 Å². The Kier molecular flexibility index (Phi) is 42.2. The highest BCUT2D eigenvalue weighted by Crippen LogP contribution is 2.41. The van der Waals surface area contributed by atoms with E-state index in [1.54, 1.807) is 70.1 Å². The second kappa shape index (κ2) is 54.1. The minimum Gasteiger partial charge on any atom is -0.399 e. The van der Waals surface area contributed by atoms with Crippen LogP contribution in [0.25, 0.3) is 22.3 Å². The molecule has 7 aromatic rings. The van der Waals surface area contributed by atoms with Gasteiger partial charge in [-0.05, 0) is 128 Å². The Balaban J connectivity index is 0.478. The number of hydrogen-bond acceptors (Lipinski definition) is 26. The summed E-state index contributed by atoms with van der Waals surface area (Å²) in [5.41, 5.74) is 13.6. The van der Waals surface area contributed by atoms with E-state index < -0.39 is 35.4 Å². The SMILES string of the molecule is CC(=O)N1c2ccc(-c3ccc(C(=O)NCCOCCOCCOCCOCCOCCOCCOCCOCCNC(=O)c4cc(NC(=O)c5nc(NC(=O)CCNC(=O)c6cc(NC(=O)c7nc(NC(=O)CCNC(=O)COCCOCCOCCN8CCN(CC9CCNCC9)CC8)cn7C)cn6C)cn5C)cn4C)cc3-c3cc(N)ccc3Cl)cc2CC[C@@H]1C. The maximum Gasteiger partial charge on any atom is 0.291 e. The molecule has 0 unspecified atom stereocenters. The van der Waals surface area contributed by atoms with Crippen molar-refractivity contribution in [1.82, 2.24) is 64.6 Å². The molecule has 3 aromatic carbocycles. The number of hydrogen-bond donors (Lipinski definition) is 10. The van der Waals surface area contributed by atoms with Gasteiger partial charge in [-0.2, -0.15) is 0 Å². The molecule has 10 rings (SSSR count). The molecular weight excluding hydrogens is 1690 g/mol. The average Bonchev–Trinajstić information content (AvgIpc) is 1.70. The number of nitrogens with two attached hydrogens (primary N) is 1. The van der Waals surface area contributed by atoms with Crippen molar-refractivity contribution in [1.29, 1.82) is 0 Å². The second-order valence-electron chi connectivity index (χ2n) is 31.3. The summed E-state index contributed by atoms with van der Waals surface area (Å²) in [6.07, 6.45) is 10.0. The van der Waals surface area contributed by atoms with Gasteiger partial charge in [0, 0.05) is 172 Å². The summed E-state index contributed by atoms with van der Waals surface area (Å²) in [6, 6.07) is 20.0. The summed E-state index contributed by atoms with van der Waals surface area (Å²) in [6.45, 7) is 20.5. The third kappa shape index (κ3) is 33.7. The van der Waals surface area contributed by atoms with Crippen molar-refractivity contribution in [2.75, 3.05) is 256 Å². The first kappa shape index (κ1) is 101. The van der Waals surface area contributed by atoms with Crippen LogP contribution in [0.3, 0.4) is 0 Å². The van der Waals surface area contributed by atoms with E-state index in [9.17, 15) is 43.2 Å². The Hall–Kier alpha value is -10.6. The maximum atomic E-state index is 13.4. The summed E-state index contributed by atoms with van der Waals surface area (Å²) in [5, 5.41) is 25.7. The summed E-state index contributed by atoms with van der Waals surface area (Å²) in [5.74, 6) is -2.78. The molecule has 11 N–H and O–H groups in total. The van der Waals surface area contributed by atoms with Crippen molar-refractivity contribution < 1.29 is 95.3 Å². The Morgan fingerprint density at radius 1 is 0.450 bits per heavy atom. The van der Waals surface area contributed by atoms with Crippen molar-refractivity contribution >= 4 is 99.2 Å². The number of carbonyl (C=O) groups is 9. The topological polar surface area (TPSA) is 445 Å². The van der Waals surface area contributed by atoms with E-state index in [1.165, 1.54) is 63.8 Å². The third-order valence-electron chi connectivity index (χ3n) is 21.5. The van der Waals surface area contributed by atoms with Gasteiger partial charge in [0.2, 0.25) is 35.3 Å². The van der Waals surface area contributed by atoms with E-state index in [2.05, 4.69) is 80.6 Å². The molecule has 0 radical (unpaired) electrons. The van der Waals surface area contributed by atoms with Gasteiger partial charge in [-0.3, -0.25) is 48.1 Å². The highest BCUT2D eigenvalue weighted by atomic mass is 35.5. The monoisotopic (exact) mass is 1820 g/mol. The molecule has 4 aromatic heterocycles. The number of ether oxygens (including phenoxy) is 11. The number of anilines is 6. The minimum absolute atomic E-state index is 0.00994. The number of halogens is 1. The standard InChI is InChI=1S/C89H126ClN19O20/c1-62-7-8-66-51-65(10-14-75(66)109(62)63(2)110)71-12-9-67(52-72(71)73-53-68(91)11-13-74(73)90)85(114)95-23-30-119-33-36-122-39-41-124-43-45-126-47-48-127-46-44-125-42-40-123-37-34-120-31-24-96-87(116)77-55-70(58-104(77)4)98-89(118)84-102-79(60-106(84)6)100-81(112)18-22-94-86(115)76-54-69(57-103(76)3)97-88(117)83-101-78(59-105(83)5)99-80(111)17-21-93-82(113)61-129-50-49-128-38-35-121-32-29-107-25-27-108(28-26-107)56-64-15-19-92-20-16-64/h9-14,51-55,57-60,62,64,92H,7-8,15-50,56,61,91H2,1-6H3,(H,93,113)(H,94,115)(H,95,114)(H,96,116)(H,97,117)(H,98,118)(H,99,111)(H,100,112)/t62-/m0/s1. The van der Waals surface area contributed by atoms with Crippen molar-refractivity contribution in [2.45, 2.75) is 58.4 Å². The van der Waals surface area contributed by atoms with Crippen LogP contribution in [-0.4, -0.2) is 321 Å². The predicted molar refractivity (Wildman–Crippen MR) is 485 cm³/mol. The molecule has 9 amide bonds. The number of imidazole rings is 2. The van der Waals surface area contributed by atoms with Crippen molar-refractivity contribution in [3.05, 3.63) is 131 Å². The third-order valence-corrected chi connectivity index (χ3v) is 21.8. The van der Waals surface area contributed by atoms with Crippen molar-refractivity contribution in [3.8, 4) is 22.3 Å². The number of aryl methyl sites for hydroxylation is 5. The van der Waals surface area contributed by atoms with E-state index in [4.69, 9.17) is 69.4 Å². The molecular formula is C89H126ClN19O20. The van der Waals surface area contributed by atoms with Crippen LogP contribution in [0.15, 0.2) is 91.5 Å². The first-order valence-electron chi connectivity index (χ1n) is 43.9. The lowest BCUT2D eigenvalue weighted by Crippen LogP contribution is -2.49. The minimum atomic E-state index is -0.622. The smallest absolute Gasteiger partial charge is 0.291 e. The summed E-state index contributed by atoms with van der Waals surface area (Å²) in [7, 11) is 6.42. The van der Waals surface area contributed by atoms with Gasteiger partial charge in [0.05, 0.1) is 150 Å². The maximum absolute atomic E-state index is 13.4. The molecule has 40 heteroatoms. The molecule has 0 bridgehead atoms. The molecule has 129 heavy (non-hydrogen) atoms. The number of piperazine rings is 1. The molecule has 2 fully saturated rings. The molecule has 3 aliphatic rings. The molecule has 0 saturated carbocycles. The highest BCUT2D eigenvalue weighted by Gasteiger charge is 2.29. The van der Waals surface area contributed by atoms with Crippen LogP contribution < -0.4 is 58.5 Å². The number of nitrogens with one attached hydrogen (secondary N) is 9. The van der Waals surface area contributed by atoms with Gasteiger partial charge in [0.25, 0.3) is 29.5 Å². The number of nitrogens with zero attached hydrogens (tertiary/aromatic N) is 9. The van der Waals surface area contributed by atoms with E-state index in [0.29, 0.717) is 160 Å². The Morgan fingerprint density at radius 3 is 1.43 bits per heavy atom. The number of benzene rings is 3. The molecule has 0 spiro atoms. The normalized spacial score (nSPS) is 14.3. The van der Waals surface area contributed by atoms with Crippen LogP contribution in [0.2, 0.25) is 5.02 Å². The van der Waals surface area contributed by atoms with Crippen LogP contribution in [0.1, 0.15) is 104 Å². The first-order valence-corrected chi connectivity index (χ1v) is 44.3. The Labute approximate surface area is 756 Å². The molecule has 704 valence electrons. The molecule has 7 heterocycles. The van der Waals surface area contributed by atoms with Crippen LogP contribution in [0, 0.1) is 5.92 Å². The lowest BCUT2D eigenvalue weighted by Gasteiger charge is -2.37. The lowest BCUT2D eigenvalue weighted by molar-refractivity contribution is -0.126. The van der Waals surface area contributed by atoms with Crippen LogP contribution in [0.4, 0.5) is 34.4 Å².